The number of aryl methyl sites for hydroxylation is 1. The first-order valence-corrected chi connectivity index (χ1v) is 8.21. The van der Waals surface area contributed by atoms with Gasteiger partial charge in [0, 0.05) is 56.3 Å². The van der Waals surface area contributed by atoms with Crippen LogP contribution in [-0.2, 0) is 4.74 Å². The predicted molar refractivity (Wildman–Crippen MR) is 85.9 cm³/mol. The second kappa shape index (κ2) is 6.75. The molecule has 0 aromatic carbocycles. The summed E-state index contributed by atoms with van der Waals surface area (Å²) in [6.45, 7) is 7.60. The molecule has 3 rings (SSSR count). The number of nitrogens with one attached hydrogen (secondary N) is 1. The summed E-state index contributed by atoms with van der Waals surface area (Å²) in [7, 11) is 1.98. The third kappa shape index (κ3) is 3.74. The fourth-order valence-electron chi connectivity index (χ4n) is 3.58. The van der Waals surface area contributed by atoms with Gasteiger partial charge in [0.1, 0.15) is 0 Å². The molecule has 3 heterocycles. The Labute approximate surface area is 127 Å². The Morgan fingerprint density at radius 1 is 1.29 bits per heavy atom. The van der Waals surface area contributed by atoms with Crippen molar-refractivity contribution in [3.8, 4) is 0 Å². The van der Waals surface area contributed by atoms with Crippen molar-refractivity contribution in [1.29, 1.82) is 0 Å². The van der Waals surface area contributed by atoms with E-state index in [0.717, 1.165) is 31.4 Å². The molecule has 116 valence electrons. The number of hydrogen-bond donors (Lipinski definition) is 1. The first-order chi connectivity index (χ1) is 10.2. The second-order valence-electron chi connectivity index (χ2n) is 6.47. The highest BCUT2D eigenvalue weighted by molar-refractivity contribution is 5.45. The van der Waals surface area contributed by atoms with Gasteiger partial charge in [-0.25, -0.2) is 0 Å². The van der Waals surface area contributed by atoms with Crippen molar-refractivity contribution in [2.75, 3.05) is 45.2 Å². The molecule has 1 unspecified atom stereocenters. The number of anilines is 1. The molecule has 4 nitrogen and oxygen atoms in total. The summed E-state index contributed by atoms with van der Waals surface area (Å²) in [4.78, 5) is 7.39. The van der Waals surface area contributed by atoms with Gasteiger partial charge in [-0.05, 0) is 50.8 Å². The van der Waals surface area contributed by atoms with E-state index in [1.807, 2.05) is 7.05 Å². The van der Waals surface area contributed by atoms with Gasteiger partial charge in [0.2, 0.25) is 0 Å². The van der Waals surface area contributed by atoms with Crippen molar-refractivity contribution in [2.24, 2.45) is 5.92 Å². The zero-order valence-corrected chi connectivity index (χ0v) is 13.3. The van der Waals surface area contributed by atoms with E-state index < -0.39 is 0 Å². The minimum Gasteiger partial charge on any atom is -0.388 e. The van der Waals surface area contributed by atoms with Gasteiger partial charge in [0.05, 0.1) is 0 Å². The lowest BCUT2D eigenvalue weighted by atomic mass is 10.00. The SMILES string of the molecule is CNc1cc(C)nc(C2CCN(CC3CCOCC3)C2)c1. The van der Waals surface area contributed by atoms with Crippen LogP contribution < -0.4 is 5.32 Å². The zero-order chi connectivity index (χ0) is 14.7. The van der Waals surface area contributed by atoms with Crippen molar-refractivity contribution in [1.82, 2.24) is 9.88 Å². The number of ether oxygens (including phenoxy) is 1. The van der Waals surface area contributed by atoms with E-state index in [-0.39, 0.29) is 0 Å². The van der Waals surface area contributed by atoms with E-state index in [0.29, 0.717) is 5.92 Å². The summed E-state index contributed by atoms with van der Waals surface area (Å²) in [5.74, 6) is 1.42. The summed E-state index contributed by atoms with van der Waals surface area (Å²) in [6, 6.07) is 4.33. The van der Waals surface area contributed by atoms with Gasteiger partial charge in [-0.2, -0.15) is 0 Å². The lowest BCUT2D eigenvalue weighted by Gasteiger charge is -2.27. The van der Waals surface area contributed by atoms with Gasteiger partial charge in [0.15, 0.2) is 0 Å². The van der Waals surface area contributed by atoms with Gasteiger partial charge in [-0.3, -0.25) is 4.98 Å². The Morgan fingerprint density at radius 2 is 2.10 bits per heavy atom. The van der Waals surface area contributed by atoms with E-state index in [4.69, 9.17) is 9.72 Å². The Morgan fingerprint density at radius 3 is 2.86 bits per heavy atom. The molecule has 0 bridgehead atoms. The molecule has 0 spiro atoms. The quantitative estimate of drug-likeness (QED) is 0.924. The highest BCUT2D eigenvalue weighted by Crippen LogP contribution is 2.29. The normalized spacial score (nSPS) is 24.4. The number of rotatable bonds is 4. The minimum atomic E-state index is 0.594. The highest BCUT2D eigenvalue weighted by atomic mass is 16.5. The minimum absolute atomic E-state index is 0.594. The first kappa shape index (κ1) is 14.8. The molecule has 2 aliphatic rings. The number of hydrogen-bond acceptors (Lipinski definition) is 4. The molecule has 2 aliphatic heterocycles. The summed E-state index contributed by atoms with van der Waals surface area (Å²) in [5.41, 5.74) is 3.55. The van der Waals surface area contributed by atoms with Crippen LogP contribution in [-0.4, -0.2) is 49.8 Å². The molecule has 1 aromatic heterocycles. The fraction of sp³-hybridized carbons (Fsp3) is 0.706. The average Bonchev–Trinajstić information content (AvgIpc) is 2.96. The molecule has 2 fully saturated rings. The van der Waals surface area contributed by atoms with E-state index in [1.165, 1.54) is 43.7 Å². The Bertz CT molecular complexity index is 471. The van der Waals surface area contributed by atoms with Crippen LogP contribution in [0, 0.1) is 12.8 Å². The Hall–Kier alpha value is -1.13. The van der Waals surface area contributed by atoms with Gasteiger partial charge >= 0.3 is 0 Å². The number of pyridine rings is 1. The fourth-order valence-corrected chi connectivity index (χ4v) is 3.58. The number of nitrogens with zero attached hydrogens (tertiary/aromatic N) is 2. The molecule has 1 N–H and O–H groups in total. The third-order valence-corrected chi connectivity index (χ3v) is 4.81. The standard InChI is InChI=1S/C17H27N3O/c1-13-9-16(18-2)10-17(19-13)15-3-6-20(12-15)11-14-4-7-21-8-5-14/h9-10,14-15H,3-8,11-12H2,1-2H3,(H,18,19). The van der Waals surface area contributed by atoms with Crippen molar-refractivity contribution in [2.45, 2.75) is 32.1 Å². The lowest BCUT2D eigenvalue weighted by Crippen LogP contribution is -2.30. The Kier molecular flexibility index (Phi) is 4.76. The smallest absolute Gasteiger partial charge is 0.0471 e. The molecule has 4 heteroatoms. The van der Waals surface area contributed by atoms with E-state index >= 15 is 0 Å². The summed E-state index contributed by atoms with van der Waals surface area (Å²) in [5, 5.41) is 3.24. The monoisotopic (exact) mass is 289 g/mol. The average molecular weight is 289 g/mol. The van der Waals surface area contributed by atoms with Crippen molar-refractivity contribution in [3.05, 3.63) is 23.5 Å². The number of aromatic nitrogens is 1. The van der Waals surface area contributed by atoms with Crippen LogP contribution >= 0.6 is 0 Å². The van der Waals surface area contributed by atoms with Crippen molar-refractivity contribution >= 4 is 5.69 Å². The summed E-state index contributed by atoms with van der Waals surface area (Å²) < 4.78 is 5.46. The molecule has 1 atom stereocenters. The molecule has 21 heavy (non-hydrogen) atoms. The summed E-state index contributed by atoms with van der Waals surface area (Å²) in [6.07, 6.45) is 3.70. The second-order valence-corrected chi connectivity index (χ2v) is 6.47. The van der Waals surface area contributed by atoms with Crippen LogP contribution in [0.15, 0.2) is 12.1 Å². The van der Waals surface area contributed by atoms with E-state index in [1.54, 1.807) is 0 Å². The first-order valence-electron chi connectivity index (χ1n) is 8.21. The highest BCUT2D eigenvalue weighted by Gasteiger charge is 2.27. The molecule has 1 aromatic rings. The lowest BCUT2D eigenvalue weighted by molar-refractivity contribution is 0.0553. The van der Waals surface area contributed by atoms with Crippen molar-refractivity contribution < 1.29 is 4.74 Å². The van der Waals surface area contributed by atoms with Crippen LogP contribution in [0.1, 0.15) is 36.6 Å². The van der Waals surface area contributed by atoms with E-state index in [9.17, 15) is 0 Å². The van der Waals surface area contributed by atoms with Crippen LogP contribution in [0.5, 0.6) is 0 Å². The maximum Gasteiger partial charge on any atom is 0.0471 e. The zero-order valence-electron chi connectivity index (χ0n) is 13.3. The van der Waals surface area contributed by atoms with Crippen LogP contribution in [0.2, 0.25) is 0 Å². The predicted octanol–water partition coefficient (Wildman–Crippen LogP) is 2.65. The largest absolute Gasteiger partial charge is 0.388 e. The third-order valence-electron chi connectivity index (χ3n) is 4.81. The van der Waals surface area contributed by atoms with Gasteiger partial charge in [-0.1, -0.05) is 0 Å². The van der Waals surface area contributed by atoms with E-state index in [2.05, 4.69) is 29.3 Å². The molecule has 0 amide bonds. The number of likely N-dealkylation sites (tertiary alicyclic amines) is 1. The van der Waals surface area contributed by atoms with Gasteiger partial charge in [-0.15, -0.1) is 0 Å². The molecule has 2 saturated heterocycles. The topological polar surface area (TPSA) is 37.4 Å². The maximum atomic E-state index is 5.46. The van der Waals surface area contributed by atoms with Crippen LogP contribution in [0.25, 0.3) is 0 Å². The van der Waals surface area contributed by atoms with Crippen LogP contribution in [0.3, 0.4) is 0 Å². The summed E-state index contributed by atoms with van der Waals surface area (Å²) >= 11 is 0. The molecular formula is C17H27N3O. The van der Waals surface area contributed by atoms with Crippen molar-refractivity contribution in [3.63, 3.8) is 0 Å². The maximum absolute atomic E-state index is 5.46. The van der Waals surface area contributed by atoms with Gasteiger partial charge in [0.25, 0.3) is 0 Å². The Balaban J connectivity index is 1.59. The van der Waals surface area contributed by atoms with Gasteiger partial charge < -0.3 is 15.0 Å². The molecule has 0 saturated carbocycles. The molecule has 0 radical (unpaired) electrons. The molecule has 0 aliphatic carbocycles. The van der Waals surface area contributed by atoms with Crippen LogP contribution in [0.4, 0.5) is 5.69 Å². The molecular weight excluding hydrogens is 262 g/mol.